The highest BCUT2D eigenvalue weighted by molar-refractivity contribution is 7.91. The van der Waals surface area contributed by atoms with E-state index in [-0.39, 0.29) is 25.3 Å². The molecule has 1 aliphatic heterocycles. The highest BCUT2D eigenvalue weighted by Gasteiger charge is 2.62. The molecule has 1 aromatic carbocycles. The maximum absolute atomic E-state index is 14.4. The Kier molecular flexibility index (Phi) is 10.4. The molecule has 272 valence electrons. The van der Waals surface area contributed by atoms with Gasteiger partial charge in [0.2, 0.25) is 27.7 Å². The number of methoxy groups -OCH3 is 1. The van der Waals surface area contributed by atoms with Crippen molar-refractivity contribution >= 4 is 44.6 Å². The summed E-state index contributed by atoms with van der Waals surface area (Å²) in [5.41, 5.74) is -2.36. The Bertz CT molecular complexity index is 1770. The van der Waals surface area contributed by atoms with Crippen LogP contribution in [0.25, 0.3) is 10.8 Å². The fourth-order valence-electron chi connectivity index (χ4n) is 6.20. The van der Waals surface area contributed by atoms with Crippen LogP contribution in [0.15, 0.2) is 43.1 Å². The third kappa shape index (κ3) is 7.98. The van der Waals surface area contributed by atoms with E-state index in [1.54, 1.807) is 40.1 Å². The maximum Gasteiger partial charge on any atom is 0.408 e. The second kappa shape index (κ2) is 14.1. The van der Waals surface area contributed by atoms with Gasteiger partial charge in [-0.05, 0) is 75.6 Å². The molecule has 6 unspecified atom stereocenters. The molecule has 3 fully saturated rings. The van der Waals surface area contributed by atoms with Crippen LogP contribution in [0.2, 0.25) is 0 Å². The van der Waals surface area contributed by atoms with Crippen molar-refractivity contribution in [2.24, 2.45) is 11.8 Å². The van der Waals surface area contributed by atoms with E-state index in [0.717, 1.165) is 5.39 Å². The maximum atomic E-state index is 14.4. The van der Waals surface area contributed by atoms with Gasteiger partial charge in [0.25, 0.3) is 5.91 Å². The van der Waals surface area contributed by atoms with Gasteiger partial charge >= 0.3 is 6.09 Å². The first-order chi connectivity index (χ1) is 23.5. The van der Waals surface area contributed by atoms with Crippen LogP contribution in [0, 0.1) is 11.8 Å². The van der Waals surface area contributed by atoms with E-state index in [2.05, 4.69) is 26.9 Å². The number of ether oxygens (including phenoxy) is 3. The number of fused-ring (bicyclic) bond motifs is 1. The van der Waals surface area contributed by atoms with Gasteiger partial charge in [-0.25, -0.2) is 18.2 Å². The van der Waals surface area contributed by atoms with Crippen molar-refractivity contribution in [3.8, 4) is 11.6 Å². The predicted octanol–water partition coefficient (Wildman–Crippen LogP) is 3.20. The largest absolute Gasteiger partial charge is 0.497 e. The first-order valence-corrected chi connectivity index (χ1v) is 18.5. The van der Waals surface area contributed by atoms with Crippen LogP contribution in [-0.4, -0.2) is 90.3 Å². The van der Waals surface area contributed by atoms with Gasteiger partial charge in [0.15, 0.2) is 0 Å². The predicted molar refractivity (Wildman–Crippen MR) is 185 cm³/mol. The minimum absolute atomic E-state index is 0.0300. The fourth-order valence-corrected chi connectivity index (χ4v) is 7.56. The summed E-state index contributed by atoms with van der Waals surface area (Å²) in [6, 6.07) is 5.05. The lowest BCUT2D eigenvalue weighted by Crippen LogP contribution is -2.59. The summed E-state index contributed by atoms with van der Waals surface area (Å²) < 4.78 is 44.6. The molecule has 0 radical (unpaired) electrons. The van der Waals surface area contributed by atoms with E-state index in [9.17, 15) is 27.6 Å². The monoisotopic (exact) mass is 713 g/mol. The van der Waals surface area contributed by atoms with Crippen LogP contribution in [0.1, 0.15) is 66.7 Å². The molecular weight excluding hydrogens is 666 g/mol. The van der Waals surface area contributed by atoms with Crippen molar-refractivity contribution in [1.82, 2.24) is 25.2 Å². The third-order valence-electron chi connectivity index (χ3n) is 9.46. The zero-order valence-corrected chi connectivity index (χ0v) is 30.2. The fraction of sp³-hybridized carbons (Fsp3) is 0.571. The number of nitrogens with one attached hydrogen (secondary N) is 3. The Morgan fingerprint density at radius 3 is 2.50 bits per heavy atom. The zero-order valence-electron chi connectivity index (χ0n) is 29.4. The van der Waals surface area contributed by atoms with Gasteiger partial charge in [0.05, 0.1) is 18.9 Å². The Morgan fingerprint density at radius 2 is 1.90 bits per heavy atom. The Labute approximate surface area is 292 Å². The summed E-state index contributed by atoms with van der Waals surface area (Å²) in [6.45, 7) is 12.6. The molecule has 3 N–H and O–H groups in total. The van der Waals surface area contributed by atoms with E-state index < -0.39 is 74.3 Å². The smallest absolute Gasteiger partial charge is 0.408 e. The molecule has 6 atom stereocenters. The number of hydrogen-bond donors (Lipinski definition) is 3. The molecule has 50 heavy (non-hydrogen) atoms. The Morgan fingerprint density at radius 1 is 1.18 bits per heavy atom. The summed E-state index contributed by atoms with van der Waals surface area (Å²) >= 11 is 0. The molecule has 4 amide bonds. The highest BCUT2D eigenvalue weighted by Crippen LogP contribution is 2.45. The number of amides is 4. The molecule has 1 saturated heterocycles. The number of alkyl carbamates (subject to hydrolysis) is 1. The Hall–Kier alpha value is -4.40. The van der Waals surface area contributed by atoms with Crippen molar-refractivity contribution in [1.29, 1.82) is 0 Å². The first-order valence-electron chi connectivity index (χ1n) is 16.9. The number of aromatic nitrogens is 1. The lowest BCUT2D eigenvalue weighted by atomic mass is 9.97. The van der Waals surface area contributed by atoms with E-state index >= 15 is 0 Å². The van der Waals surface area contributed by atoms with Crippen LogP contribution in [0.3, 0.4) is 0 Å². The number of sulfonamides is 1. The average molecular weight is 714 g/mol. The van der Waals surface area contributed by atoms with E-state index in [1.165, 1.54) is 11.0 Å². The quantitative estimate of drug-likeness (QED) is 0.261. The van der Waals surface area contributed by atoms with Gasteiger partial charge in [-0.1, -0.05) is 26.3 Å². The van der Waals surface area contributed by atoms with Crippen LogP contribution < -0.4 is 24.8 Å². The number of benzene rings is 1. The zero-order chi connectivity index (χ0) is 36.6. The summed E-state index contributed by atoms with van der Waals surface area (Å²) in [4.78, 5) is 60.6. The highest BCUT2D eigenvalue weighted by atomic mass is 32.2. The number of nitrogens with zero attached hydrogens (tertiary/aromatic N) is 2. The summed E-state index contributed by atoms with van der Waals surface area (Å²) in [5, 5.41) is 6.35. The minimum atomic E-state index is -3.89. The van der Waals surface area contributed by atoms with Crippen molar-refractivity contribution in [2.75, 3.05) is 13.7 Å². The Balaban J connectivity index is 1.44. The summed E-state index contributed by atoms with van der Waals surface area (Å²) in [7, 11) is -2.32. The lowest BCUT2D eigenvalue weighted by Gasteiger charge is -2.32. The molecule has 2 saturated carbocycles. The molecule has 2 aromatic rings. The molecule has 14 nitrogen and oxygen atoms in total. The van der Waals surface area contributed by atoms with Gasteiger partial charge < -0.3 is 29.7 Å². The molecule has 0 bridgehead atoms. The average Bonchev–Trinajstić information content (AvgIpc) is 3.98. The van der Waals surface area contributed by atoms with Gasteiger partial charge in [0.1, 0.15) is 35.1 Å². The van der Waals surface area contributed by atoms with Crippen molar-refractivity contribution in [2.45, 2.75) is 101 Å². The van der Waals surface area contributed by atoms with Gasteiger partial charge in [0, 0.05) is 23.9 Å². The van der Waals surface area contributed by atoms with Crippen LogP contribution in [0.4, 0.5) is 4.79 Å². The number of pyridine rings is 1. The molecule has 15 heteroatoms. The SMILES string of the molecule is C=CC1CC1(NC(=O)C1CC(Oc2nccc3cc(OC)ccc23)CN1C(=O)C(NC(=O)OC(C)(C)C)C(C)CC)C(=O)NS(=O)(=O)C1CC1. The van der Waals surface area contributed by atoms with Gasteiger partial charge in [-0.3, -0.25) is 19.1 Å². The minimum Gasteiger partial charge on any atom is -0.497 e. The number of hydrogen-bond acceptors (Lipinski definition) is 10. The molecule has 5 rings (SSSR count). The van der Waals surface area contributed by atoms with Crippen LogP contribution >= 0.6 is 0 Å². The van der Waals surface area contributed by atoms with Crippen molar-refractivity contribution < 1.29 is 41.8 Å². The second-order valence-electron chi connectivity index (χ2n) is 14.4. The molecule has 2 aliphatic carbocycles. The molecule has 3 aliphatic rings. The van der Waals surface area contributed by atoms with Gasteiger partial charge in [-0.15, -0.1) is 6.58 Å². The lowest BCUT2D eigenvalue weighted by molar-refractivity contribution is -0.142. The number of rotatable bonds is 13. The molecule has 0 spiro atoms. The number of carbonyl (C=O) groups is 4. The van der Waals surface area contributed by atoms with Crippen molar-refractivity contribution in [3.05, 3.63) is 43.1 Å². The molecule has 1 aromatic heterocycles. The first kappa shape index (κ1) is 36.9. The summed E-state index contributed by atoms with van der Waals surface area (Å²) in [6.07, 6.45) is 3.22. The van der Waals surface area contributed by atoms with Crippen molar-refractivity contribution in [3.63, 3.8) is 0 Å². The van der Waals surface area contributed by atoms with E-state index in [1.807, 2.05) is 32.0 Å². The number of carbonyl (C=O) groups excluding carboxylic acids is 4. The third-order valence-corrected chi connectivity index (χ3v) is 11.3. The summed E-state index contributed by atoms with van der Waals surface area (Å²) in [5.74, 6) is -1.95. The van der Waals surface area contributed by atoms with Crippen LogP contribution in [-0.2, 0) is 29.1 Å². The van der Waals surface area contributed by atoms with Gasteiger partial charge in [-0.2, -0.15) is 0 Å². The van der Waals surface area contributed by atoms with Crippen LogP contribution in [0.5, 0.6) is 11.6 Å². The normalized spacial score (nSPS) is 24.4. The topological polar surface area (TPSA) is 182 Å². The molecule has 2 heterocycles. The van der Waals surface area contributed by atoms with E-state index in [0.29, 0.717) is 36.3 Å². The standard InChI is InChI=1S/C35H47N5O9S/c1-8-20(3)28(37-33(44)49-34(4,5)6)31(42)40-19-24(48-30-26-13-10-23(47-7)16-21(26)14-15-36-30)17-27(40)29(41)38-35(18-22(35)9-2)32(43)39-50(45,46)25-11-12-25/h9-10,13-16,20,22,24-25,27-28H,2,8,11-12,17-19H2,1,3-7H3,(H,37,44)(H,38,41)(H,39,43). The molecular formula is C35H47N5O9S. The van der Waals surface area contributed by atoms with E-state index in [4.69, 9.17) is 14.2 Å². The second-order valence-corrected chi connectivity index (χ2v) is 16.3. The number of likely N-dealkylation sites (tertiary alicyclic amines) is 1.